The van der Waals surface area contributed by atoms with E-state index in [0.717, 1.165) is 54.6 Å². The molecule has 4 aliphatic rings. The van der Waals surface area contributed by atoms with Crippen LogP contribution in [-0.2, 0) is 23.4 Å². The van der Waals surface area contributed by atoms with Gasteiger partial charge in [-0.3, -0.25) is 4.90 Å². The fourth-order valence-electron chi connectivity index (χ4n) is 6.98. The van der Waals surface area contributed by atoms with Crippen LogP contribution < -0.4 is 15.8 Å². The first kappa shape index (κ1) is 25.0. The highest BCUT2D eigenvalue weighted by Gasteiger charge is 2.49. The molecule has 0 bridgehead atoms. The summed E-state index contributed by atoms with van der Waals surface area (Å²) in [6, 6.07) is 6.37. The van der Waals surface area contributed by atoms with Crippen molar-refractivity contribution >= 4 is 11.5 Å². The first-order valence-corrected chi connectivity index (χ1v) is 13.2. The molecule has 8 nitrogen and oxygen atoms in total. The van der Waals surface area contributed by atoms with Crippen LogP contribution in [0.3, 0.4) is 0 Å². The van der Waals surface area contributed by atoms with Gasteiger partial charge in [0.05, 0.1) is 23.4 Å². The second kappa shape index (κ2) is 9.17. The van der Waals surface area contributed by atoms with Crippen molar-refractivity contribution in [1.29, 1.82) is 5.26 Å². The number of hydrogen-bond donors (Lipinski definition) is 2. The highest BCUT2D eigenvalue weighted by molar-refractivity contribution is 5.64. The van der Waals surface area contributed by atoms with Crippen molar-refractivity contribution in [2.75, 3.05) is 37.8 Å². The molecule has 0 saturated carbocycles. The van der Waals surface area contributed by atoms with E-state index in [1.54, 1.807) is 13.1 Å². The lowest BCUT2D eigenvalue weighted by Crippen LogP contribution is -2.44. The maximum atomic E-state index is 13.4. The molecule has 3 atom stereocenters. The van der Waals surface area contributed by atoms with Gasteiger partial charge >= 0.3 is 6.01 Å². The molecule has 0 radical (unpaired) electrons. The third-order valence-electron chi connectivity index (χ3n) is 9.01. The topological polar surface area (TPSA) is 109 Å². The average Bonchev–Trinajstić information content (AvgIpc) is 3.47. The highest BCUT2D eigenvalue weighted by Crippen LogP contribution is 2.51. The van der Waals surface area contributed by atoms with E-state index >= 15 is 0 Å². The molecule has 0 unspecified atom stereocenters. The van der Waals surface area contributed by atoms with Gasteiger partial charge < -0.3 is 20.5 Å². The van der Waals surface area contributed by atoms with E-state index in [1.807, 2.05) is 6.07 Å². The van der Waals surface area contributed by atoms with Gasteiger partial charge in [-0.2, -0.15) is 24.0 Å². The molecule has 4 heterocycles. The SMILES string of the molecule is CNc1nc(OC[C@@]23CCCN2CC(=C(F)F)C3)nc2c1CO[C@@]1(CC[C@H](C)c3ccc(N)c(C#N)c31)C2. The van der Waals surface area contributed by atoms with Gasteiger partial charge in [-0.15, -0.1) is 0 Å². The lowest BCUT2D eigenvalue weighted by atomic mass is 9.69. The Morgan fingerprint density at radius 1 is 1.32 bits per heavy atom. The van der Waals surface area contributed by atoms with Crippen LogP contribution in [0.25, 0.3) is 0 Å². The summed E-state index contributed by atoms with van der Waals surface area (Å²) in [4.78, 5) is 11.5. The van der Waals surface area contributed by atoms with Gasteiger partial charge in [-0.25, -0.2) is 0 Å². The van der Waals surface area contributed by atoms with Gasteiger partial charge in [-0.05, 0) is 56.2 Å². The Morgan fingerprint density at radius 3 is 2.92 bits per heavy atom. The van der Waals surface area contributed by atoms with Crippen LogP contribution in [0.2, 0.25) is 0 Å². The third-order valence-corrected chi connectivity index (χ3v) is 9.01. The summed E-state index contributed by atoms with van der Waals surface area (Å²) in [6.45, 7) is 3.79. The molecule has 3 aliphatic heterocycles. The van der Waals surface area contributed by atoms with E-state index in [-0.39, 0.29) is 18.2 Å². The molecule has 3 N–H and O–H groups in total. The van der Waals surface area contributed by atoms with Gasteiger partial charge in [0, 0.05) is 42.4 Å². The smallest absolute Gasteiger partial charge is 0.318 e. The molecule has 200 valence electrons. The minimum absolute atomic E-state index is 0.201. The Balaban J connectivity index is 1.34. The predicted molar refractivity (Wildman–Crippen MR) is 138 cm³/mol. The largest absolute Gasteiger partial charge is 0.461 e. The molecular formula is C28H32F2N6O2. The van der Waals surface area contributed by atoms with Crippen LogP contribution >= 0.6 is 0 Å². The van der Waals surface area contributed by atoms with Crippen LogP contribution in [0.5, 0.6) is 6.01 Å². The molecule has 6 rings (SSSR count). The molecule has 38 heavy (non-hydrogen) atoms. The Bertz CT molecular complexity index is 1370. The quantitative estimate of drug-likeness (QED) is 0.561. The van der Waals surface area contributed by atoms with E-state index in [4.69, 9.17) is 20.2 Å². The number of ether oxygens (including phenoxy) is 2. The number of benzene rings is 1. The van der Waals surface area contributed by atoms with E-state index < -0.39 is 17.2 Å². The molecule has 1 aliphatic carbocycles. The van der Waals surface area contributed by atoms with Crippen molar-refractivity contribution in [1.82, 2.24) is 14.9 Å². The van der Waals surface area contributed by atoms with Gasteiger partial charge in [0.1, 0.15) is 24.1 Å². The highest BCUT2D eigenvalue weighted by atomic mass is 19.3. The number of halogens is 2. The fourth-order valence-corrected chi connectivity index (χ4v) is 6.98. The number of hydrogen-bond acceptors (Lipinski definition) is 8. The number of nitrogens with one attached hydrogen (secondary N) is 1. The van der Waals surface area contributed by atoms with Crippen molar-refractivity contribution in [2.24, 2.45) is 0 Å². The van der Waals surface area contributed by atoms with Gasteiger partial charge in [0.25, 0.3) is 6.08 Å². The lowest BCUT2D eigenvalue weighted by molar-refractivity contribution is -0.0872. The Morgan fingerprint density at radius 2 is 2.16 bits per heavy atom. The Kier molecular flexibility index (Phi) is 6.04. The van der Waals surface area contributed by atoms with E-state index in [9.17, 15) is 14.0 Å². The lowest BCUT2D eigenvalue weighted by Gasteiger charge is -2.44. The number of nitriles is 1. The molecule has 1 aromatic carbocycles. The Labute approximate surface area is 220 Å². The number of anilines is 2. The molecule has 10 heteroatoms. The zero-order valence-electron chi connectivity index (χ0n) is 21.7. The summed E-state index contributed by atoms with van der Waals surface area (Å²) in [6.07, 6.45) is 2.62. The van der Waals surface area contributed by atoms with E-state index in [2.05, 4.69) is 28.2 Å². The van der Waals surface area contributed by atoms with Gasteiger partial charge in [0.2, 0.25) is 0 Å². The van der Waals surface area contributed by atoms with E-state index in [1.165, 1.54) is 0 Å². The van der Waals surface area contributed by atoms with Crippen LogP contribution in [0.15, 0.2) is 23.8 Å². The number of aromatic nitrogens is 2. The molecule has 1 aromatic heterocycles. The molecular weight excluding hydrogens is 490 g/mol. The number of rotatable bonds is 4. The number of nitrogen functional groups attached to an aromatic ring is 1. The average molecular weight is 523 g/mol. The second-order valence-electron chi connectivity index (χ2n) is 11.1. The van der Waals surface area contributed by atoms with Crippen LogP contribution in [-0.4, -0.2) is 47.2 Å². The van der Waals surface area contributed by atoms with Gasteiger partial charge in [-0.1, -0.05) is 13.0 Å². The maximum absolute atomic E-state index is 13.4. The third kappa shape index (κ3) is 3.83. The predicted octanol–water partition coefficient (Wildman–Crippen LogP) is 4.61. The molecule has 0 amide bonds. The van der Waals surface area contributed by atoms with Crippen molar-refractivity contribution < 1.29 is 18.3 Å². The summed E-state index contributed by atoms with van der Waals surface area (Å²) in [7, 11) is 1.79. The number of nitrogens with zero attached hydrogens (tertiary/aromatic N) is 4. The maximum Gasteiger partial charge on any atom is 0.318 e. The minimum Gasteiger partial charge on any atom is -0.461 e. The molecule has 2 aromatic rings. The Hall–Kier alpha value is -3.29. The summed E-state index contributed by atoms with van der Waals surface area (Å²) in [5.41, 5.74) is 9.84. The van der Waals surface area contributed by atoms with Crippen molar-refractivity contribution in [3.05, 3.63) is 51.7 Å². The first-order valence-electron chi connectivity index (χ1n) is 13.2. The normalized spacial score (nSPS) is 28.0. The van der Waals surface area contributed by atoms with Crippen molar-refractivity contribution in [2.45, 2.75) is 69.1 Å². The summed E-state index contributed by atoms with van der Waals surface area (Å²) in [5.74, 6) is 0.915. The van der Waals surface area contributed by atoms with Crippen LogP contribution in [0.4, 0.5) is 20.3 Å². The first-order chi connectivity index (χ1) is 18.3. The molecule has 2 fully saturated rings. The number of nitrogens with two attached hydrogens (primary N) is 1. The van der Waals surface area contributed by atoms with Crippen molar-refractivity contribution in [3.63, 3.8) is 0 Å². The molecule has 2 saturated heterocycles. The summed E-state index contributed by atoms with van der Waals surface area (Å²) >= 11 is 0. The van der Waals surface area contributed by atoms with Crippen LogP contribution in [0.1, 0.15) is 72.9 Å². The standard InChI is InChI=1S/C28H32F2N6O2/c1-16-6-8-28(23-18(16)4-5-21(32)19(23)12-31)11-22-20(14-38-28)25(33-2)35-26(34-22)37-15-27-7-3-9-36(27)13-17(10-27)24(29)30/h4-5,16H,3,6-11,13-15,32H2,1-2H3,(H,33,34,35)/t16-,27-,28-/m0/s1. The van der Waals surface area contributed by atoms with Crippen molar-refractivity contribution in [3.8, 4) is 12.1 Å². The van der Waals surface area contributed by atoms with Gasteiger partial charge in [0.15, 0.2) is 0 Å². The number of fused-ring (bicyclic) bond motifs is 4. The summed E-state index contributed by atoms with van der Waals surface area (Å²) in [5, 5.41) is 13.1. The zero-order chi connectivity index (χ0) is 26.7. The zero-order valence-corrected chi connectivity index (χ0v) is 21.7. The fraction of sp³-hybridized carbons (Fsp3) is 0.536. The monoisotopic (exact) mass is 522 g/mol. The summed E-state index contributed by atoms with van der Waals surface area (Å²) < 4.78 is 39.5. The van der Waals surface area contributed by atoms with Crippen LogP contribution in [0, 0.1) is 11.3 Å². The second-order valence-corrected chi connectivity index (χ2v) is 11.1. The molecule has 1 spiro atoms. The van der Waals surface area contributed by atoms with E-state index in [0.29, 0.717) is 49.0 Å². The minimum atomic E-state index is -1.58.